The maximum Gasteiger partial charge on any atom is 0.307 e. The number of nitro benzene ring substituents is 1. The van der Waals surface area contributed by atoms with Gasteiger partial charge in [-0.15, -0.1) is 0 Å². The number of nitrogens with zero attached hydrogens (tertiary/aromatic N) is 1. The summed E-state index contributed by atoms with van der Waals surface area (Å²) in [6.07, 6.45) is 0. The second-order valence-corrected chi connectivity index (χ2v) is 4.45. The zero-order chi connectivity index (χ0) is 15.6. The van der Waals surface area contributed by atoms with E-state index in [1.807, 2.05) is 0 Å². The Morgan fingerprint density at radius 3 is 2.57 bits per heavy atom. The van der Waals surface area contributed by atoms with Crippen LogP contribution >= 0.6 is 0 Å². The maximum absolute atomic E-state index is 13.7. The van der Waals surface area contributed by atoms with Crippen LogP contribution in [0.25, 0.3) is 0 Å². The fourth-order valence-corrected chi connectivity index (χ4v) is 1.72. The predicted molar refractivity (Wildman–Crippen MR) is 72.1 cm³/mol. The molecule has 0 aliphatic rings. The Hall–Kier alpha value is -2.54. The van der Waals surface area contributed by atoms with Gasteiger partial charge in [-0.1, -0.05) is 12.1 Å². The molecule has 1 atom stereocenters. The standard InChI is InChI=1S/C14H12F2N2O3/c1-8(17)9-3-2-4-10(5-9)21-14-7-11(15)13(18(19)20)6-12(14)16/h2-8H,17H2,1H3. The summed E-state index contributed by atoms with van der Waals surface area (Å²) in [5.41, 5.74) is 5.54. The van der Waals surface area contributed by atoms with E-state index in [-0.39, 0.29) is 11.8 Å². The van der Waals surface area contributed by atoms with E-state index in [2.05, 4.69) is 0 Å². The van der Waals surface area contributed by atoms with Gasteiger partial charge in [0.2, 0.25) is 5.82 Å². The molecule has 7 heteroatoms. The highest BCUT2D eigenvalue weighted by Gasteiger charge is 2.19. The summed E-state index contributed by atoms with van der Waals surface area (Å²) in [4.78, 5) is 9.51. The molecule has 0 aliphatic heterocycles. The lowest BCUT2D eigenvalue weighted by molar-refractivity contribution is -0.387. The summed E-state index contributed by atoms with van der Waals surface area (Å²) in [5.74, 6) is -2.36. The maximum atomic E-state index is 13.7. The molecule has 0 heterocycles. The normalized spacial score (nSPS) is 12.0. The van der Waals surface area contributed by atoms with Crippen LogP contribution < -0.4 is 10.5 Å². The molecule has 0 aromatic heterocycles. The van der Waals surface area contributed by atoms with Crippen molar-refractivity contribution >= 4 is 5.69 Å². The molecule has 0 amide bonds. The molecule has 0 bridgehead atoms. The fourth-order valence-electron chi connectivity index (χ4n) is 1.72. The van der Waals surface area contributed by atoms with Crippen molar-refractivity contribution in [3.8, 4) is 11.5 Å². The van der Waals surface area contributed by atoms with Gasteiger partial charge in [-0.25, -0.2) is 4.39 Å². The monoisotopic (exact) mass is 294 g/mol. The lowest BCUT2D eigenvalue weighted by atomic mass is 10.1. The molecule has 21 heavy (non-hydrogen) atoms. The van der Waals surface area contributed by atoms with Crippen LogP contribution in [-0.2, 0) is 0 Å². The van der Waals surface area contributed by atoms with Gasteiger partial charge in [0.15, 0.2) is 11.6 Å². The van der Waals surface area contributed by atoms with Crippen LogP contribution in [0, 0.1) is 21.7 Å². The van der Waals surface area contributed by atoms with Crippen LogP contribution in [-0.4, -0.2) is 4.92 Å². The number of benzene rings is 2. The van der Waals surface area contributed by atoms with Crippen molar-refractivity contribution in [3.63, 3.8) is 0 Å². The minimum Gasteiger partial charge on any atom is -0.454 e. The van der Waals surface area contributed by atoms with Crippen molar-refractivity contribution < 1.29 is 18.4 Å². The van der Waals surface area contributed by atoms with Crippen LogP contribution in [0.1, 0.15) is 18.5 Å². The number of ether oxygens (including phenoxy) is 1. The van der Waals surface area contributed by atoms with Crippen molar-refractivity contribution in [2.24, 2.45) is 5.73 Å². The second-order valence-electron chi connectivity index (χ2n) is 4.45. The Balaban J connectivity index is 2.34. The van der Waals surface area contributed by atoms with E-state index < -0.39 is 28.0 Å². The van der Waals surface area contributed by atoms with Crippen LogP contribution in [0.5, 0.6) is 11.5 Å². The molecule has 0 fully saturated rings. The number of nitro groups is 1. The Morgan fingerprint density at radius 2 is 1.95 bits per heavy atom. The van der Waals surface area contributed by atoms with Crippen LogP contribution in [0.4, 0.5) is 14.5 Å². The first-order chi connectivity index (χ1) is 9.88. The van der Waals surface area contributed by atoms with E-state index in [0.717, 1.165) is 5.56 Å². The molecule has 110 valence electrons. The predicted octanol–water partition coefficient (Wildman–Crippen LogP) is 3.69. The minimum absolute atomic E-state index is 0.244. The van der Waals surface area contributed by atoms with Crippen molar-refractivity contribution in [1.29, 1.82) is 0 Å². The molecule has 2 rings (SSSR count). The molecule has 2 aromatic carbocycles. The van der Waals surface area contributed by atoms with Gasteiger partial charge in [0.25, 0.3) is 0 Å². The van der Waals surface area contributed by atoms with Gasteiger partial charge < -0.3 is 10.5 Å². The molecule has 0 saturated heterocycles. The molecular weight excluding hydrogens is 282 g/mol. The SMILES string of the molecule is CC(N)c1cccc(Oc2cc(F)c([N+](=O)[O-])cc2F)c1. The summed E-state index contributed by atoms with van der Waals surface area (Å²) in [6, 6.07) is 7.45. The van der Waals surface area contributed by atoms with E-state index >= 15 is 0 Å². The van der Waals surface area contributed by atoms with Gasteiger partial charge >= 0.3 is 5.69 Å². The van der Waals surface area contributed by atoms with Crippen molar-refractivity contribution in [2.75, 3.05) is 0 Å². The highest BCUT2D eigenvalue weighted by Crippen LogP contribution is 2.30. The summed E-state index contributed by atoms with van der Waals surface area (Å²) >= 11 is 0. The first-order valence-electron chi connectivity index (χ1n) is 6.05. The second kappa shape index (κ2) is 5.84. The molecule has 0 saturated carbocycles. The van der Waals surface area contributed by atoms with E-state index in [1.54, 1.807) is 31.2 Å². The summed E-state index contributed by atoms with van der Waals surface area (Å²) < 4.78 is 32.4. The zero-order valence-corrected chi connectivity index (χ0v) is 11.0. The average Bonchev–Trinajstić information content (AvgIpc) is 2.42. The van der Waals surface area contributed by atoms with Gasteiger partial charge in [-0.3, -0.25) is 10.1 Å². The average molecular weight is 294 g/mol. The van der Waals surface area contributed by atoms with Crippen LogP contribution in [0.15, 0.2) is 36.4 Å². The van der Waals surface area contributed by atoms with Gasteiger partial charge in [0.1, 0.15) is 5.75 Å². The first kappa shape index (κ1) is 14.9. The Labute approximate surface area is 119 Å². The van der Waals surface area contributed by atoms with Gasteiger partial charge in [0, 0.05) is 12.1 Å². The highest BCUT2D eigenvalue weighted by atomic mass is 19.1. The molecule has 2 aromatic rings. The molecule has 1 unspecified atom stereocenters. The largest absolute Gasteiger partial charge is 0.454 e. The zero-order valence-electron chi connectivity index (χ0n) is 11.0. The minimum atomic E-state index is -1.17. The number of nitrogens with two attached hydrogens (primary N) is 1. The summed E-state index contributed by atoms with van der Waals surface area (Å²) in [5, 5.41) is 10.5. The smallest absolute Gasteiger partial charge is 0.307 e. The number of halogens is 2. The topological polar surface area (TPSA) is 78.4 Å². The van der Waals surface area contributed by atoms with Crippen molar-refractivity contribution in [1.82, 2.24) is 0 Å². The fraction of sp³-hybridized carbons (Fsp3) is 0.143. The van der Waals surface area contributed by atoms with Gasteiger partial charge in [-0.05, 0) is 24.6 Å². The van der Waals surface area contributed by atoms with Gasteiger partial charge in [-0.2, -0.15) is 4.39 Å². The molecule has 0 radical (unpaired) electrons. The third kappa shape index (κ3) is 3.32. The lowest BCUT2D eigenvalue weighted by Gasteiger charge is -2.10. The third-order valence-corrected chi connectivity index (χ3v) is 2.81. The first-order valence-corrected chi connectivity index (χ1v) is 6.05. The van der Waals surface area contributed by atoms with Crippen LogP contribution in [0.2, 0.25) is 0 Å². The van der Waals surface area contributed by atoms with Crippen molar-refractivity contribution in [3.05, 3.63) is 63.7 Å². The van der Waals surface area contributed by atoms with Crippen molar-refractivity contribution in [2.45, 2.75) is 13.0 Å². The third-order valence-electron chi connectivity index (χ3n) is 2.81. The van der Waals surface area contributed by atoms with E-state index in [9.17, 15) is 18.9 Å². The summed E-state index contributed by atoms with van der Waals surface area (Å²) in [6.45, 7) is 1.77. The Bertz CT molecular complexity index is 690. The Morgan fingerprint density at radius 1 is 1.24 bits per heavy atom. The summed E-state index contributed by atoms with van der Waals surface area (Å²) in [7, 11) is 0. The number of hydrogen-bond acceptors (Lipinski definition) is 4. The number of hydrogen-bond donors (Lipinski definition) is 1. The molecular formula is C14H12F2N2O3. The van der Waals surface area contributed by atoms with Gasteiger partial charge in [0.05, 0.1) is 11.0 Å². The highest BCUT2D eigenvalue weighted by molar-refractivity contribution is 5.42. The van der Waals surface area contributed by atoms with Crippen LogP contribution in [0.3, 0.4) is 0 Å². The Kier molecular flexibility index (Phi) is 4.13. The molecule has 2 N–H and O–H groups in total. The quantitative estimate of drug-likeness (QED) is 0.689. The molecule has 0 aliphatic carbocycles. The van der Waals surface area contributed by atoms with E-state index in [4.69, 9.17) is 10.5 Å². The lowest BCUT2D eigenvalue weighted by Crippen LogP contribution is -2.04. The molecule has 0 spiro atoms. The van der Waals surface area contributed by atoms with E-state index in [0.29, 0.717) is 12.1 Å². The molecule has 5 nitrogen and oxygen atoms in total. The van der Waals surface area contributed by atoms with E-state index in [1.165, 1.54) is 0 Å². The number of rotatable bonds is 4.